The Kier molecular flexibility index (Phi) is 4.85. The highest BCUT2D eigenvalue weighted by atomic mass is 32.2. The summed E-state index contributed by atoms with van der Waals surface area (Å²) >= 11 is 0. The van der Waals surface area contributed by atoms with E-state index in [9.17, 15) is 18.0 Å². The molecule has 2 N–H and O–H groups in total. The minimum atomic E-state index is -3.30. The highest BCUT2D eigenvalue weighted by Gasteiger charge is 2.09. The van der Waals surface area contributed by atoms with Crippen LogP contribution >= 0.6 is 0 Å². The maximum absolute atomic E-state index is 10.7. The zero-order valence-corrected chi connectivity index (χ0v) is 8.32. The molecule has 0 aliphatic rings. The second kappa shape index (κ2) is 5.38. The van der Waals surface area contributed by atoms with Crippen LogP contribution in [0, 0.1) is 0 Å². The van der Waals surface area contributed by atoms with Crippen molar-refractivity contribution in [2.75, 3.05) is 6.26 Å². The summed E-state index contributed by atoms with van der Waals surface area (Å²) in [5.41, 5.74) is 0. The number of sulfone groups is 1. The van der Waals surface area contributed by atoms with Gasteiger partial charge in [-0.1, -0.05) is 6.08 Å². The molecule has 0 aliphatic carbocycles. The third kappa shape index (κ3) is 7.29. The number of aliphatic carboxylic acids is 1. The van der Waals surface area contributed by atoms with Gasteiger partial charge in [-0.2, -0.15) is 0 Å². The van der Waals surface area contributed by atoms with Crippen molar-refractivity contribution in [3.63, 3.8) is 0 Å². The van der Waals surface area contributed by atoms with Crippen molar-refractivity contribution in [3.05, 3.63) is 11.5 Å². The molecule has 0 rings (SSSR count). The number of nitrogens with one attached hydrogen (secondary N) is 1. The summed E-state index contributed by atoms with van der Waals surface area (Å²) in [6.07, 6.45) is 2.06. The van der Waals surface area contributed by atoms with Crippen LogP contribution in [-0.2, 0) is 19.4 Å². The molecule has 7 heteroatoms. The smallest absolute Gasteiger partial charge is 0.305 e. The van der Waals surface area contributed by atoms with Crippen LogP contribution in [-0.4, -0.2) is 38.2 Å². The Balaban J connectivity index is 4.44. The van der Waals surface area contributed by atoms with E-state index in [-0.39, 0.29) is 6.42 Å². The standard InChI is InChI=1S/C7H11NO5S/c1-14(12,13)3-2-6(8-5-9)4-7(10)11/h2-3,5-6H,4H2,1H3,(H,8,9)(H,10,11)/b3-2+/t6-/m1/s1. The third-order valence-corrected chi connectivity index (χ3v) is 1.89. The van der Waals surface area contributed by atoms with Gasteiger partial charge in [-0.05, 0) is 0 Å². The Morgan fingerprint density at radius 2 is 2.14 bits per heavy atom. The maximum Gasteiger partial charge on any atom is 0.305 e. The molecular weight excluding hydrogens is 210 g/mol. The molecule has 6 nitrogen and oxygen atoms in total. The second-order valence-electron chi connectivity index (χ2n) is 2.65. The van der Waals surface area contributed by atoms with E-state index in [2.05, 4.69) is 5.32 Å². The molecular formula is C7H11NO5S. The van der Waals surface area contributed by atoms with Gasteiger partial charge in [0.15, 0.2) is 9.84 Å². The van der Waals surface area contributed by atoms with E-state index in [1.54, 1.807) is 0 Å². The first-order valence-corrected chi connectivity index (χ1v) is 5.60. The van der Waals surface area contributed by atoms with Gasteiger partial charge < -0.3 is 10.4 Å². The summed E-state index contributed by atoms with van der Waals surface area (Å²) in [4.78, 5) is 20.3. The number of carboxylic acid groups (broad SMARTS) is 1. The number of rotatable bonds is 6. The van der Waals surface area contributed by atoms with Crippen molar-refractivity contribution in [2.45, 2.75) is 12.5 Å². The summed E-state index contributed by atoms with van der Waals surface area (Å²) < 4.78 is 21.4. The third-order valence-electron chi connectivity index (χ3n) is 1.23. The Hall–Kier alpha value is -1.37. The number of carbonyl (C=O) groups excluding carboxylic acids is 1. The second-order valence-corrected chi connectivity index (χ2v) is 4.58. The van der Waals surface area contributed by atoms with Crippen molar-refractivity contribution in [1.82, 2.24) is 5.32 Å². The first-order valence-electron chi connectivity index (χ1n) is 3.65. The zero-order valence-electron chi connectivity index (χ0n) is 7.50. The quantitative estimate of drug-likeness (QED) is 0.568. The topological polar surface area (TPSA) is 101 Å². The molecule has 0 saturated heterocycles. The van der Waals surface area contributed by atoms with Gasteiger partial charge >= 0.3 is 5.97 Å². The van der Waals surface area contributed by atoms with Gasteiger partial charge in [-0.25, -0.2) is 8.42 Å². The molecule has 0 bridgehead atoms. The average molecular weight is 221 g/mol. The van der Waals surface area contributed by atoms with Crippen LogP contribution in [0.5, 0.6) is 0 Å². The van der Waals surface area contributed by atoms with Gasteiger partial charge in [0.2, 0.25) is 6.41 Å². The molecule has 0 aromatic rings. The van der Waals surface area contributed by atoms with Gasteiger partial charge in [0.05, 0.1) is 12.5 Å². The number of amides is 1. The number of carboxylic acids is 1. The van der Waals surface area contributed by atoms with Gasteiger partial charge in [0.25, 0.3) is 0 Å². The Morgan fingerprint density at radius 1 is 1.57 bits per heavy atom. The molecule has 14 heavy (non-hydrogen) atoms. The van der Waals surface area contributed by atoms with E-state index in [1.807, 2.05) is 0 Å². The SMILES string of the molecule is CS(=O)(=O)/C=C/[C@H](CC(=O)O)NC=O. The van der Waals surface area contributed by atoms with Gasteiger partial charge in [-0.3, -0.25) is 9.59 Å². The maximum atomic E-state index is 10.7. The number of carbonyl (C=O) groups is 2. The summed E-state index contributed by atoms with van der Waals surface area (Å²) in [5.74, 6) is -1.12. The molecule has 0 unspecified atom stereocenters. The lowest BCUT2D eigenvalue weighted by atomic mass is 10.2. The summed E-state index contributed by atoms with van der Waals surface area (Å²) in [7, 11) is -3.30. The fraction of sp³-hybridized carbons (Fsp3) is 0.429. The van der Waals surface area contributed by atoms with E-state index in [4.69, 9.17) is 5.11 Å². The molecule has 0 aromatic heterocycles. The molecule has 1 amide bonds. The lowest BCUT2D eigenvalue weighted by molar-refractivity contribution is -0.137. The highest BCUT2D eigenvalue weighted by Crippen LogP contribution is 1.96. The molecule has 0 radical (unpaired) electrons. The lowest BCUT2D eigenvalue weighted by Crippen LogP contribution is -2.28. The van der Waals surface area contributed by atoms with Crippen LogP contribution in [0.3, 0.4) is 0 Å². The lowest BCUT2D eigenvalue weighted by Gasteiger charge is -2.07. The fourth-order valence-electron chi connectivity index (χ4n) is 0.696. The molecule has 0 aromatic carbocycles. The van der Waals surface area contributed by atoms with E-state index < -0.39 is 21.8 Å². The highest BCUT2D eigenvalue weighted by molar-refractivity contribution is 7.93. The normalized spacial score (nSPS) is 13.8. The monoisotopic (exact) mass is 221 g/mol. The van der Waals surface area contributed by atoms with Crippen molar-refractivity contribution < 1.29 is 23.1 Å². The minimum Gasteiger partial charge on any atom is -0.481 e. The predicted octanol–water partition coefficient (Wildman–Crippen LogP) is -0.866. The van der Waals surface area contributed by atoms with E-state index in [1.165, 1.54) is 0 Å². The van der Waals surface area contributed by atoms with Crippen LogP contribution in [0.4, 0.5) is 0 Å². The van der Waals surface area contributed by atoms with E-state index in [0.29, 0.717) is 6.41 Å². The molecule has 0 saturated carbocycles. The Morgan fingerprint density at radius 3 is 2.50 bits per heavy atom. The van der Waals surface area contributed by atoms with Gasteiger partial charge in [-0.15, -0.1) is 0 Å². The Labute approximate surface area is 81.5 Å². The number of hydrogen-bond acceptors (Lipinski definition) is 4. The fourth-order valence-corrected chi connectivity index (χ4v) is 1.17. The molecule has 0 spiro atoms. The average Bonchev–Trinajstić information content (AvgIpc) is 1.98. The number of hydrogen-bond donors (Lipinski definition) is 2. The largest absolute Gasteiger partial charge is 0.481 e. The van der Waals surface area contributed by atoms with Crippen LogP contribution in [0.2, 0.25) is 0 Å². The molecule has 0 aliphatic heterocycles. The zero-order chi connectivity index (χ0) is 11.2. The van der Waals surface area contributed by atoms with Crippen LogP contribution in [0.25, 0.3) is 0 Å². The predicted molar refractivity (Wildman–Crippen MR) is 49.2 cm³/mol. The van der Waals surface area contributed by atoms with Gasteiger partial charge in [0, 0.05) is 11.7 Å². The first-order chi connectivity index (χ1) is 6.35. The summed E-state index contributed by atoms with van der Waals surface area (Å²) in [6.45, 7) is 0. The molecule has 80 valence electrons. The molecule has 1 atom stereocenters. The minimum absolute atomic E-state index is 0.320. The van der Waals surface area contributed by atoms with E-state index in [0.717, 1.165) is 17.7 Å². The molecule has 0 fully saturated rings. The van der Waals surface area contributed by atoms with Crippen LogP contribution in [0.1, 0.15) is 6.42 Å². The van der Waals surface area contributed by atoms with E-state index >= 15 is 0 Å². The summed E-state index contributed by atoms with van der Waals surface area (Å²) in [6, 6.07) is -0.806. The van der Waals surface area contributed by atoms with Crippen molar-refractivity contribution >= 4 is 22.2 Å². The first kappa shape index (κ1) is 12.6. The van der Waals surface area contributed by atoms with Crippen LogP contribution in [0.15, 0.2) is 11.5 Å². The Bertz CT molecular complexity index is 332. The van der Waals surface area contributed by atoms with Crippen LogP contribution < -0.4 is 5.32 Å². The van der Waals surface area contributed by atoms with Crippen molar-refractivity contribution in [1.29, 1.82) is 0 Å². The summed E-state index contributed by atoms with van der Waals surface area (Å²) in [5, 5.41) is 11.4. The van der Waals surface area contributed by atoms with Crippen molar-refractivity contribution in [2.24, 2.45) is 0 Å². The molecule has 0 heterocycles. The van der Waals surface area contributed by atoms with Gasteiger partial charge in [0.1, 0.15) is 0 Å². The van der Waals surface area contributed by atoms with Crippen molar-refractivity contribution in [3.8, 4) is 0 Å².